The van der Waals surface area contributed by atoms with Crippen molar-refractivity contribution in [2.75, 3.05) is 31.5 Å². The molecule has 4 amide bonds. The van der Waals surface area contributed by atoms with Crippen molar-refractivity contribution in [3.63, 3.8) is 0 Å². The zero-order chi connectivity index (χ0) is 42.6. The standard InChI is InChI=1S/C39H46N6O6.C2HF3O2/c1-3-24(2)34(40)38(50)43-23-32(46)44-30(22-25-12-5-4-6-13-25)39(51)45-21-10-18-31(45)37(49)42-20-11-19-41-29-17-9-16-28-33(29)36(48)27-15-8-7-14-26(27)35(28)47;3-2(4,5)1(6)7/h4-9,12-17,24,30-31,34,41H,3,10-11,18-23,40H2,1-2H3,(H,42,49)(H,43,50)(H,44,46);(H,6,7)/t24?,30-,31-,34-;/m0./s1. The van der Waals surface area contributed by atoms with Crippen LogP contribution in [0.15, 0.2) is 72.8 Å². The second-order valence-electron chi connectivity index (χ2n) is 13.9. The molecule has 3 aromatic carbocycles. The number of nitrogens with zero attached hydrogens (tertiary/aromatic N) is 1. The smallest absolute Gasteiger partial charge is 0.475 e. The average molecular weight is 809 g/mol. The summed E-state index contributed by atoms with van der Waals surface area (Å²) in [5.41, 5.74) is 8.87. The van der Waals surface area contributed by atoms with Crippen LogP contribution in [0.5, 0.6) is 0 Å². The first-order valence-electron chi connectivity index (χ1n) is 18.8. The number of hydrogen-bond donors (Lipinski definition) is 6. The summed E-state index contributed by atoms with van der Waals surface area (Å²) >= 11 is 0. The first kappa shape index (κ1) is 44.6. The third-order valence-electron chi connectivity index (χ3n) is 9.90. The summed E-state index contributed by atoms with van der Waals surface area (Å²) in [7, 11) is 0. The number of carboxylic acids is 1. The number of likely N-dealkylation sites (tertiary alicyclic amines) is 1. The Bertz CT molecular complexity index is 1990. The van der Waals surface area contributed by atoms with Gasteiger partial charge in [0.25, 0.3) is 0 Å². The average Bonchev–Trinajstić information content (AvgIpc) is 3.71. The summed E-state index contributed by atoms with van der Waals surface area (Å²) in [6, 6.07) is 18.8. The van der Waals surface area contributed by atoms with E-state index in [4.69, 9.17) is 15.6 Å². The second-order valence-corrected chi connectivity index (χ2v) is 13.9. The van der Waals surface area contributed by atoms with Crippen LogP contribution in [0.4, 0.5) is 18.9 Å². The highest BCUT2D eigenvalue weighted by atomic mass is 19.4. The molecule has 1 aliphatic heterocycles. The molecule has 58 heavy (non-hydrogen) atoms. The number of benzene rings is 3. The van der Waals surface area contributed by atoms with Gasteiger partial charge < -0.3 is 37.0 Å². The number of ketones is 2. The van der Waals surface area contributed by atoms with Gasteiger partial charge in [0.1, 0.15) is 12.1 Å². The molecule has 0 saturated carbocycles. The predicted octanol–water partition coefficient (Wildman–Crippen LogP) is 3.22. The molecule has 0 spiro atoms. The van der Waals surface area contributed by atoms with Crippen LogP contribution in [0.2, 0.25) is 0 Å². The number of alkyl halides is 3. The highest BCUT2D eigenvalue weighted by Crippen LogP contribution is 2.32. The van der Waals surface area contributed by atoms with Crippen LogP contribution in [0.1, 0.15) is 76.9 Å². The van der Waals surface area contributed by atoms with Crippen LogP contribution in [0.25, 0.3) is 0 Å². The van der Waals surface area contributed by atoms with E-state index in [1.165, 1.54) is 4.90 Å². The quantitative estimate of drug-likeness (QED) is 0.0965. The Labute approximate surface area is 333 Å². The number of hydrogen-bond acceptors (Lipinski definition) is 9. The highest BCUT2D eigenvalue weighted by Gasteiger charge is 2.39. The SMILES string of the molecule is CCC(C)[C@H](N)C(=O)NCC(=O)N[C@@H](Cc1ccccc1)C(=O)N1CCC[C@H]1C(=O)NCCCNc1cccc2c1C(=O)c1ccccc1C2=O.O=C(O)C(F)(F)F. The number of carboxylic acid groups (broad SMARTS) is 1. The Hall–Kier alpha value is -6.10. The number of nitrogens with one attached hydrogen (secondary N) is 4. The van der Waals surface area contributed by atoms with Gasteiger partial charge in [0.05, 0.1) is 18.2 Å². The Morgan fingerprint density at radius 2 is 1.50 bits per heavy atom. The molecule has 4 atom stereocenters. The van der Waals surface area contributed by atoms with Crippen LogP contribution < -0.4 is 27.0 Å². The molecule has 2 aliphatic rings. The molecule has 7 N–H and O–H groups in total. The summed E-state index contributed by atoms with van der Waals surface area (Å²) in [6.07, 6.45) is -2.51. The van der Waals surface area contributed by atoms with E-state index >= 15 is 0 Å². The van der Waals surface area contributed by atoms with Gasteiger partial charge in [0.15, 0.2) is 11.6 Å². The molecule has 0 bridgehead atoms. The maximum absolute atomic E-state index is 13.9. The first-order valence-corrected chi connectivity index (χ1v) is 18.8. The lowest BCUT2D eigenvalue weighted by molar-refractivity contribution is -0.192. The minimum atomic E-state index is -5.08. The van der Waals surface area contributed by atoms with Crippen molar-refractivity contribution < 1.29 is 51.8 Å². The Morgan fingerprint density at radius 3 is 2.14 bits per heavy atom. The lowest BCUT2D eigenvalue weighted by Gasteiger charge is -2.29. The van der Waals surface area contributed by atoms with Crippen molar-refractivity contribution in [1.82, 2.24) is 20.9 Å². The van der Waals surface area contributed by atoms with Crippen molar-refractivity contribution in [2.24, 2.45) is 11.7 Å². The molecule has 0 aromatic heterocycles. The zero-order valence-corrected chi connectivity index (χ0v) is 32.1. The number of fused-ring (bicyclic) bond motifs is 2. The normalized spacial score (nSPS) is 16.0. The van der Waals surface area contributed by atoms with E-state index in [9.17, 15) is 41.9 Å². The minimum absolute atomic E-state index is 0.0551. The second kappa shape index (κ2) is 20.4. The lowest BCUT2D eigenvalue weighted by atomic mass is 9.83. The summed E-state index contributed by atoms with van der Waals surface area (Å²) in [6.45, 7) is 4.58. The van der Waals surface area contributed by atoms with Gasteiger partial charge in [-0.3, -0.25) is 28.8 Å². The number of nitrogens with two attached hydrogens (primary N) is 1. The van der Waals surface area contributed by atoms with Gasteiger partial charge in [-0.25, -0.2) is 4.79 Å². The number of anilines is 1. The number of aliphatic carboxylic acids is 1. The number of rotatable bonds is 15. The Balaban J connectivity index is 0.000000973. The number of amides is 4. The minimum Gasteiger partial charge on any atom is -0.475 e. The van der Waals surface area contributed by atoms with E-state index in [2.05, 4.69) is 21.3 Å². The Morgan fingerprint density at radius 1 is 0.879 bits per heavy atom. The van der Waals surface area contributed by atoms with E-state index in [0.29, 0.717) is 73.3 Å². The highest BCUT2D eigenvalue weighted by molar-refractivity contribution is 6.30. The molecule has 17 heteroatoms. The zero-order valence-electron chi connectivity index (χ0n) is 32.1. The monoisotopic (exact) mass is 808 g/mol. The van der Waals surface area contributed by atoms with Gasteiger partial charge in [0, 0.05) is 48.4 Å². The topological polar surface area (TPSA) is 217 Å². The summed E-state index contributed by atoms with van der Waals surface area (Å²) < 4.78 is 31.7. The van der Waals surface area contributed by atoms with Crippen molar-refractivity contribution in [1.29, 1.82) is 0 Å². The molecule has 1 fully saturated rings. The van der Waals surface area contributed by atoms with Gasteiger partial charge in [-0.05, 0) is 36.8 Å². The fraction of sp³-hybridized carbons (Fsp3) is 0.390. The molecule has 3 aromatic rings. The van der Waals surface area contributed by atoms with E-state index < -0.39 is 42.1 Å². The summed E-state index contributed by atoms with van der Waals surface area (Å²) in [4.78, 5) is 89.4. The molecule has 1 heterocycles. The molecule has 1 aliphatic carbocycles. The summed E-state index contributed by atoms with van der Waals surface area (Å²) in [5, 5.41) is 18.7. The maximum atomic E-state index is 13.9. The van der Waals surface area contributed by atoms with Crippen LogP contribution in [0.3, 0.4) is 0 Å². The Kier molecular flexibility index (Phi) is 15.7. The maximum Gasteiger partial charge on any atom is 0.490 e. The molecule has 1 unspecified atom stereocenters. The predicted molar refractivity (Wildman–Crippen MR) is 207 cm³/mol. The molecule has 14 nitrogen and oxygen atoms in total. The van der Waals surface area contributed by atoms with Crippen molar-refractivity contribution in [3.05, 3.63) is 101 Å². The molecule has 310 valence electrons. The molecular formula is C41H47F3N6O8. The van der Waals surface area contributed by atoms with Gasteiger partial charge in [-0.1, -0.05) is 87.0 Å². The first-order chi connectivity index (χ1) is 27.5. The van der Waals surface area contributed by atoms with E-state index in [1.807, 2.05) is 44.2 Å². The van der Waals surface area contributed by atoms with Crippen LogP contribution in [-0.2, 0) is 30.4 Å². The van der Waals surface area contributed by atoms with Gasteiger partial charge in [0.2, 0.25) is 23.6 Å². The number of halogens is 3. The lowest BCUT2D eigenvalue weighted by Crippen LogP contribution is -2.56. The molecule has 0 radical (unpaired) electrons. The molecular weight excluding hydrogens is 761 g/mol. The third-order valence-corrected chi connectivity index (χ3v) is 9.90. The van der Waals surface area contributed by atoms with Gasteiger partial charge in [-0.15, -0.1) is 0 Å². The van der Waals surface area contributed by atoms with Gasteiger partial charge in [-0.2, -0.15) is 13.2 Å². The van der Waals surface area contributed by atoms with Crippen LogP contribution >= 0.6 is 0 Å². The van der Waals surface area contributed by atoms with Crippen molar-refractivity contribution in [3.8, 4) is 0 Å². The number of carbonyl (C=O) groups excluding carboxylic acids is 6. The molecule has 1 saturated heterocycles. The largest absolute Gasteiger partial charge is 0.490 e. The van der Waals surface area contributed by atoms with Crippen LogP contribution in [-0.4, -0.2) is 102 Å². The fourth-order valence-corrected chi connectivity index (χ4v) is 6.53. The fourth-order valence-electron chi connectivity index (χ4n) is 6.53. The summed E-state index contributed by atoms with van der Waals surface area (Å²) in [5.74, 6) is -4.83. The van der Waals surface area contributed by atoms with E-state index in [1.54, 1.807) is 42.5 Å². The van der Waals surface area contributed by atoms with Crippen molar-refractivity contribution in [2.45, 2.75) is 70.3 Å². The van der Waals surface area contributed by atoms with E-state index in [0.717, 1.165) is 5.56 Å². The molecule has 5 rings (SSSR count). The third kappa shape index (κ3) is 11.5. The number of carbonyl (C=O) groups is 7. The van der Waals surface area contributed by atoms with Crippen LogP contribution in [0, 0.1) is 5.92 Å². The van der Waals surface area contributed by atoms with Gasteiger partial charge >= 0.3 is 12.1 Å². The van der Waals surface area contributed by atoms with E-state index in [-0.39, 0.29) is 42.3 Å². The van der Waals surface area contributed by atoms with Crippen molar-refractivity contribution >= 4 is 46.9 Å².